The van der Waals surface area contributed by atoms with Gasteiger partial charge in [0.25, 0.3) is 0 Å². The van der Waals surface area contributed by atoms with Crippen molar-refractivity contribution in [3.05, 3.63) is 48.0 Å². The van der Waals surface area contributed by atoms with E-state index in [0.29, 0.717) is 5.92 Å². The molecule has 0 nitrogen and oxygen atoms in total. The van der Waals surface area contributed by atoms with Gasteiger partial charge in [0, 0.05) is 0 Å². The van der Waals surface area contributed by atoms with E-state index in [2.05, 4.69) is 44.7 Å². The third kappa shape index (κ3) is 1.70. The molecule has 0 aliphatic heterocycles. The van der Waals surface area contributed by atoms with E-state index in [0.717, 1.165) is 0 Å². The van der Waals surface area contributed by atoms with Crippen LogP contribution in [0.1, 0.15) is 24.0 Å². The van der Waals surface area contributed by atoms with Gasteiger partial charge in [0.2, 0.25) is 0 Å². The first-order chi connectivity index (χ1) is 5.25. The van der Waals surface area contributed by atoms with Crippen molar-refractivity contribution < 1.29 is 0 Å². The number of allylic oxidation sites excluding steroid dienone is 1. The molecule has 0 unspecified atom stereocenters. The van der Waals surface area contributed by atoms with Crippen molar-refractivity contribution in [1.29, 1.82) is 0 Å². The van der Waals surface area contributed by atoms with Crippen molar-refractivity contribution in [3.63, 3.8) is 0 Å². The lowest BCUT2D eigenvalue weighted by Crippen LogP contribution is -1.91. The molecule has 0 bridgehead atoms. The van der Waals surface area contributed by atoms with Gasteiger partial charge in [-0.25, -0.2) is 0 Å². The second-order valence-electron chi connectivity index (χ2n) is 2.88. The predicted octanol–water partition coefficient (Wildman–Crippen LogP) is 3.28. The molecule has 0 spiro atoms. The number of hydrogen-bond donors (Lipinski definition) is 0. The van der Waals surface area contributed by atoms with Gasteiger partial charge in [-0.15, -0.1) is 6.58 Å². The molecule has 0 aliphatic carbocycles. The maximum absolute atomic E-state index is 3.78. The van der Waals surface area contributed by atoms with Gasteiger partial charge in [-0.1, -0.05) is 37.3 Å². The van der Waals surface area contributed by atoms with Crippen LogP contribution < -0.4 is 0 Å². The molecule has 0 aliphatic rings. The highest BCUT2D eigenvalue weighted by Gasteiger charge is 2.01. The molecule has 0 saturated heterocycles. The Morgan fingerprint density at radius 2 is 2.00 bits per heavy atom. The van der Waals surface area contributed by atoms with Crippen LogP contribution >= 0.6 is 0 Å². The fourth-order valence-electron chi connectivity index (χ4n) is 1.22. The largest absolute Gasteiger partial charge is 0.102 e. The van der Waals surface area contributed by atoms with Crippen molar-refractivity contribution in [3.8, 4) is 0 Å². The zero-order valence-corrected chi connectivity index (χ0v) is 7.17. The molecule has 1 aromatic rings. The Hall–Kier alpha value is -1.04. The molecule has 0 N–H and O–H groups in total. The Bertz CT molecular complexity index is 248. The normalized spacial score (nSPS) is 12.5. The quantitative estimate of drug-likeness (QED) is 0.562. The summed E-state index contributed by atoms with van der Waals surface area (Å²) >= 11 is 0. The number of hydrogen-bond acceptors (Lipinski definition) is 0. The van der Waals surface area contributed by atoms with E-state index in [-0.39, 0.29) is 0 Å². The minimum absolute atomic E-state index is 0.469. The maximum Gasteiger partial charge on any atom is -0.00105 e. The lowest BCUT2D eigenvalue weighted by molar-refractivity contribution is 0.956. The molecule has 11 heavy (non-hydrogen) atoms. The smallest absolute Gasteiger partial charge is 0.00105 e. The van der Waals surface area contributed by atoms with Gasteiger partial charge in [-0.05, 0) is 24.0 Å². The Morgan fingerprint density at radius 3 is 2.55 bits per heavy atom. The topological polar surface area (TPSA) is 0 Å². The molecule has 58 valence electrons. The van der Waals surface area contributed by atoms with Crippen LogP contribution in [0.5, 0.6) is 0 Å². The molecule has 0 radical (unpaired) electrons. The maximum atomic E-state index is 3.78. The average molecular weight is 146 g/mol. The lowest BCUT2D eigenvalue weighted by Gasteiger charge is -2.08. The minimum atomic E-state index is 0.469. The second-order valence-corrected chi connectivity index (χ2v) is 2.88. The van der Waals surface area contributed by atoms with E-state index in [1.165, 1.54) is 11.1 Å². The Balaban J connectivity index is 3.02. The first-order valence-corrected chi connectivity index (χ1v) is 3.93. The van der Waals surface area contributed by atoms with Crippen LogP contribution in [0.15, 0.2) is 36.9 Å². The summed E-state index contributed by atoms with van der Waals surface area (Å²) < 4.78 is 0. The molecule has 1 atom stereocenters. The summed E-state index contributed by atoms with van der Waals surface area (Å²) in [6, 6.07) is 8.42. The van der Waals surface area contributed by atoms with Crippen LogP contribution in [0.2, 0.25) is 0 Å². The molecule has 0 heterocycles. The first-order valence-electron chi connectivity index (χ1n) is 3.93. The Labute approximate surface area is 68.6 Å². The summed E-state index contributed by atoms with van der Waals surface area (Å²) in [5.74, 6) is 0.469. The summed E-state index contributed by atoms with van der Waals surface area (Å²) in [6.45, 7) is 8.07. The molecule has 0 heteroatoms. The highest BCUT2D eigenvalue weighted by atomic mass is 14.1. The number of rotatable bonds is 2. The van der Waals surface area contributed by atoms with Gasteiger partial charge in [0.15, 0.2) is 0 Å². The predicted molar refractivity (Wildman–Crippen MR) is 49.8 cm³/mol. The lowest BCUT2D eigenvalue weighted by atomic mass is 9.97. The van der Waals surface area contributed by atoms with Gasteiger partial charge in [-0.3, -0.25) is 0 Å². The third-order valence-corrected chi connectivity index (χ3v) is 2.03. The Kier molecular flexibility index (Phi) is 2.48. The van der Waals surface area contributed by atoms with Gasteiger partial charge in [0.1, 0.15) is 0 Å². The molecule has 0 fully saturated rings. The van der Waals surface area contributed by atoms with Crippen LogP contribution in [-0.2, 0) is 0 Å². The van der Waals surface area contributed by atoms with Crippen LogP contribution in [-0.4, -0.2) is 0 Å². The summed E-state index contributed by atoms with van der Waals surface area (Å²) in [6.07, 6.45) is 1.97. The SMILES string of the molecule is C=C[C@H](C)c1ccccc1C. The molecule has 1 aromatic carbocycles. The molecule has 0 aromatic heterocycles. The monoisotopic (exact) mass is 146 g/mol. The van der Waals surface area contributed by atoms with Gasteiger partial charge in [-0.2, -0.15) is 0 Å². The van der Waals surface area contributed by atoms with E-state index in [4.69, 9.17) is 0 Å². The highest BCUT2D eigenvalue weighted by molar-refractivity contribution is 5.30. The van der Waals surface area contributed by atoms with Crippen molar-refractivity contribution >= 4 is 0 Å². The molecular formula is C11H14. The summed E-state index contributed by atoms with van der Waals surface area (Å²) in [7, 11) is 0. The zero-order valence-electron chi connectivity index (χ0n) is 7.17. The van der Waals surface area contributed by atoms with Crippen LogP contribution in [0.4, 0.5) is 0 Å². The molecule has 0 amide bonds. The Morgan fingerprint density at radius 1 is 1.36 bits per heavy atom. The van der Waals surface area contributed by atoms with Crippen molar-refractivity contribution in [2.24, 2.45) is 0 Å². The summed E-state index contributed by atoms with van der Waals surface area (Å²) in [4.78, 5) is 0. The zero-order chi connectivity index (χ0) is 8.27. The van der Waals surface area contributed by atoms with Crippen LogP contribution in [0, 0.1) is 6.92 Å². The van der Waals surface area contributed by atoms with Gasteiger partial charge >= 0.3 is 0 Å². The first kappa shape index (κ1) is 8.06. The van der Waals surface area contributed by atoms with Crippen molar-refractivity contribution in [2.45, 2.75) is 19.8 Å². The highest BCUT2D eigenvalue weighted by Crippen LogP contribution is 2.19. The number of benzene rings is 1. The average Bonchev–Trinajstić information content (AvgIpc) is 2.04. The fraction of sp³-hybridized carbons (Fsp3) is 0.273. The van der Waals surface area contributed by atoms with E-state index < -0.39 is 0 Å². The van der Waals surface area contributed by atoms with E-state index >= 15 is 0 Å². The van der Waals surface area contributed by atoms with Gasteiger partial charge < -0.3 is 0 Å². The summed E-state index contributed by atoms with van der Waals surface area (Å²) in [5.41, 5.74) is 2.72. The van der Waals surface area contributed by atoms with Gasteiger partial charge in [0.05, 0.1) is 0 Å². The summed E-state index contributed by atoms with van der Waals surface area (Å²) in [5, 5.41) is 0. The molecule has 0 saturated carbocycles. The van der Waals surface area contributed by atoms with E-state index in [1.807, 2.05) is 6.08 Å². The van der Waals surface area contributed by atoms with Crippen molar-refractivity contribution in [2.75, 3.05) is 0 Å². The fourth-order valence-corrected chi connectivity index (χ4v) is 1.22. The second kappa shape index (κ2) is 3.38. The van der Waals surface area contributed by atoms with E-state index in [1.54, 1.807) is 0 Å². The van der Waals surface area contributed by atoms with E-state index in [9.17, 15) is 0 Å². The third-order valence-electron chi connectivity index (χ3n) is 2.03. The van der Waals surface area contributed by atoms with Crippen molar-refractivity contribution in [1.82, 2.24) is 0 Å². The van der Waals surface area contributed by atoms with Crippen LogP contribution in [0.3, 0.4) is 0 Å². The van der Waals surface area contributed by atoms with Crippen LogP contribution in [0.25, 0.3) is 0 Å². The minimum Gasteiger partial charge on any atom is -0.102 e. The standard InChI is InChI=1S/C11H14/c1-4-9(2)11-8-6-5-7-10(11)3/h4-9H,1H2,2-3H3/t9-/m0/s1. The number of aryl methyl sites for hydroxylation is 1. The molecular weight excluding hydrogens is 132 g/mol. The molecule has 1 rings (SSSR count).